The number of benzene rings is 2. The van der Waals surface area contributed by atoms with Crippen molar-refractivity contribution in [3.63, 3.8) is 0 Å². The quantitative estimate of drug-likeness (QED) is 0.250. The van der Waals surface area contributed by atoms with Crippen molar-refractivity contribution in [3.05, 3.63) is 65.4 Å². The molecule has 1 fully saturated rings. The Kier molecular flexibility index (Phi) is 7.28. The van der Waals surface area contributed by atoms with E-state index in [4.69, 9.17) is 9.47 Å². The van der Waals surface area contributed by atoms with Crippen LogP contribution in [0.25, 0.3) is 10.9 Å². The summed E-state index contributed by atoms with van der Waals surface area (Å²) in [4.78, 5) is 13.5. The van der Waals surface area contributed by atoms with Crippen molar-refractivity contribution >= 4 is 16.8 Å². The molecule has 0 bridgehead atoms. The van der Waals surface area contributed by atoms with Crippen LogP contribution in [0.3, 0.4) is 0 Å². The van der Waals surface area contributed by atoms with Gasteiger partial charge in [0.15, 0.2) is 6.29 Å². The Labute approximate surface area is 206 Å². The highest BCUT2D eigenvalue weighted by Crippen LogP contribution is 2.31. The van der Waals surface area contributed by atoms with Crippen LogP contribution in [0.2, 0.25) is 0 Å². The van der Waals surface area contributed by atoms with E-state index in [9.17, 15) is 35.6 Å². The van der Waals surface area contributed by atoms with Gasteiger partial charge in [0.05, 0.1) is 43.0 Å². The van der Waals surface area contributed by atoms with Crippen molar-refractivity contribution in [2.24, 2.45) is 0 Å². The number of fused-ring (bicyclic) bond motifs is 1. The predicted octanol–water partition coefficient (Wildman–Crippen LogP) is -0.538. The maximum absolute atomic E-state index is 13.5. The van der Waals surface area contributed by atoms with Gasteiger partial charge in [0, 0.05) is 24.2 Å². The molecule has 1 amide bonds. The average Bonchev–Trinajstić information content (AvgIpc) is 3.26. The van der Waals surface area contributed by atoms with Crippen molar-refractivity contribution in [3.8, 4) is 11.8 Å². The van der Waals surface area contributed by atoms with Gasteiger partial charge >= 0.3 is 0 Å². The number of amides is 1. The van der Waals surface area contributed by atoms with E-state index >= 15 is 0 Å². The molecule has 0 saturated carbocycles. The Bertz CT molecular complexity index is 1300. The summed E-state index contributed by atoms with van der Waals surface area (Å²) >= 11 is 0. The van der Waals surface area contributed by atoms with Gasteiger partial charge in [-0.05, 0) is 23.8 Å². The number of carbonyl (C=O) groups is 1. The van der Waals surface area contributed by atoms with Gasteiger partial charge in [-0.25, -0.2) is 0 Å². The van der Waals surface area contributed by atoms with Crippen LogP contribution in [0.4, 0.5) is 0 Å². The molecule has 1 unspecified atom stereocenters. The summed E-state index contributed by atoms with van der Waals surface area (Å²) in [5.41, 5.74) is -0.190. The van der Waals surface area contributed by atoms with E-state index in [2.05, 4.69) is 11.4 Å². The first-order valence-corrected chi connectivity index (χ1v) is 11.2. The lowest BCUT2D eigenvalue weighted by Crippen LogP contribution is -2.74. The van der Waals surface area contributed by atoms with E-state index < -0.39 is 49.3 Å². The molecule has 2 aromatic carbocycles. The van der Waals surface area contributed by atoms with E-state index in [1.54, 1.807) is 53.2 Å². The fourth-order valence-electron chi connectivity index (χ4n) is 4.46. The normalized spacial score (nSPS) is 25.9. The molecule has 4 rings (SSSR count). The molecule has 3 aromatic rings. The molecule has 1 aromatic heterocycles. The van der Waals surface area contributed by atoms with Crippen molar-refractivity contribution < 1.29 is 39.8 Å². The number of nitrogens with one attached hydrogen (secondary N) is 1. The third kappa shape index (κ3) is 4.31. The Morgan fingerprint density at radius 3 is 2.64 bits per heavy atom. The molecule has 6 N–H and O–H groups in total. The Balaban J connectivity index is 1.75. The van der Waals surface area contributed by atoms with Crippen molar-refractivity contribution in [2.45, 2.75) is 36.7 Å². The molecule has 2 heterocycles. The second-order valence-electron chi connectivity index (χ2n) is 8.62. The third-order valence-electron chi connectivity index (χ3n) is 6.58. The number of aliphatic hydroxyl groups is 5. The van der Waals surface area contributed by atoms with E-state index in [1.165, 1.54) is 7.11 Å². The highest BCUT2D eigenvalue weighted by Gasteiger charge is 2.56. The van der Waals surface area contributed by atoms with Gasteiger partial charge in [-0.3, -0.25) is 4.79 Å². The molecule has 36 heavy (non-hydrogen) atoms. The minimum atomic E-state index is -2.16. The zero-order valence-electron chi connectivity index (χ0n) is 19.4. The molecular formula is C25H27N3O8. The first-order chi connectivity index (χ1) is 17.3. The molecule has 0 aliphatic carbocycles. The van der Waals surface area contributed by atoms with Crippen LogP contribution in [-0.4, -0.2) is 86.5 Å². The van der Waals surface area contributed by atoms with Crippen LogP contribution >= 0.6 is 0 Å². The van der Waals surface area contributed by atoms with Gasteiger partial charge in [0.25, 0.3) is 5.91 Å². The molecule has 1 aliphatic rings. The van der Waals surface area contributed by atoms with Crippen molar-refractivity contribution in [1.82, 2.24) is 9.88 Å². The standard InChI is InChI=1S/C25H27N3O8/c1-35-16-6-7-17-18(11-28(19(17)8-16)10-15-5-3-2-4-14(15)9-26)23(33)27-25(13-30)22(32)21(31)20(12-29)36-24(25)34/h2-8,11,20-22,24,29-32,34H,10,12-13H2,1H3,(H,27,33)/t20-,21-,22+,24?,25-/m1/s1. The number of hydrogen-bond donors (Lipinski definition) is 6. The first kappa shape index (κ1) is 25.6. The maximum Gasteiger partial charge on any atom is 0.254 e. The van der Waals surface area contributed by atoms with Crippen LogP contribution in [0.1, 0.15) is 21.5 Å². The fourth-order valence-corrected chi connectivity index (χ4v) is 4.46. The number of hydrogen-bond acceptors (Lipinski definition) is 9. The van der Waals surface area contributed by atoms with Gasteiger partial charge in [-0.15, -0.1) is 0 Å². The lowest BCUT2D eigenvalue weighted by Gasteiger charge is -2.48. The highest BCUT2D eigenvalue weighted by molar-refractivity contribution is 6.07. The maximum atomic E-state index is 13.5. The van der Waals surface area contributed by atoms with Gasteiger partial charge < -0.3 is 44.9 Å². The smallest absolute Gasteiger partial charge is 0.254 e. The number of carbonyl (C=O) groups excluding carboxylic acids is 1. The Hall–Kier alpha value is -3.50. The summed E-state index contributed by atoms with van der Waals surface area (Å²) in [6.45, 7) is -1.39. The van der Waals surface area contributed by atoms with E-state index in [0.717, 1.165) is 5.56 Å². The molecule has 5 atom stereocenters. The third-order valence-corrected chi connectivity index (χ3v) is 6.58. The fraction of sp³-hybridized carbons (Fsp3) is 0.360. The first-order valence-electron chi connectivity index (χ1n) is 11.2. The Morgan fingerprint density at radius 2 is 1.97 bits per heavy atom. The number of nitriles is 1. The molecule has 0 spiro atoms. The van der Waals surface area contributed by atoms with Crippen LogP contribution in [0.15, 0.2) is 48.7 Å². The number of nitrogens with zero attached hydrogens (tertiary/aromatic N) is 2. The predicted molar refractivity (Wildman–Crippen MR) is 126 cm³/mol. The van der Waals surface area contributed by atoms with Gasteiger partial charge in [0.1, 0.15) is 29.6 Å². The minimum Gasteiger partial charge on any atom is -0.497 e. The SMILES string of the molecule is COc1ccc2c(C(=O)N[C@@]3(CO)C(O)O[C@H](CO)[C@@H](O)[C@@H]3O)cn(Cc3ccccc3C#N)c2c1. The van der Waals surface area contributed by atoms with Crippen LogP contribution < -0.4 is 10.1 Å². The summed E-state index contributed by atoms with van der Waals surface area (Å²) in [6, 6.07) is 14.3. The number of ether oxygens (including phenoxy) is 2. The minimum absolute atomic E-state index is 0.146. The molecule has 11 heteroatoms. The molecule has 11 nitrogen and oxygen atoms in total. The number of aliphatic hydroxyl groups excluding tert-OH is 5. The average molecular weight is 498 g/mol. The van der Waals surface area contributed by atoms with Crippen LogP contribution in [0.5, 0.6) is 5.75 Å². The molecule has 0 radical (unpaired) electrons. The number of methoxy groups -OCH3 is 1. The largest absolute Gasteiger partial charge is 0.497 e. The van der Waals surface area contributed by atoms with Crippen molar-refractivity contribution in [1.29, 1.82) is 5.26 Å². The summed E-state index contributed by atoms with van der Waals surface area (Å²) in [6.07, 6.45) is -5.20. The highest BCUT2D eigenvalue weighted by atomic mass is 16.6. The summed E-state index contributed by atoms with van der Waals surface area (Å²) in [5.74, 6) is -0.221. The topological polar surface area (TPSA) is 177 Å². The summed E-state index contributed by atoms with van der Waals surface area (Å²) in [7, 11) is 1.51. The van der Waals surface area contributed by atoms with Crippen molar-refractivity contribution in [2.75, 3.05) is 20.3 Å². The number of aromatic nitrogens is 1. The number of rotatable bonds is 7. The van der Waals surface area contributed by atoms with E-state index in [1.807, 2.05) is 0 Å². The zero-order chi connectivity index (χ0) is 26.0. The summed E-state index contributed by atoms with van der Waals surface area (Å²) in [5, 5.41) is 63.3. The molecule has 1 saturated heterocycles. The summed E-state index contributed by atoms with van der Waals surface area (Å²) < 4.78 is 12.2. The lowest BCUT2D eigenvalue weighted by molar-refractivity contribution is -0.288. The van der Waals surface area contributed by atoms with Crippen LogP contribution in [-0.2, 0) is 11.3 Å². The molecular weight excluding hydrogens is 470 g/mol. The van der Waals surface area contributed by atoms with Gasteiger partial charge in [-0.1, -0.05) is 18.2 Å². The zero-order valence-corrected chi connectivity index (χ0v) is 19.4. The second kappa shape index (κ2) is 10.2. The molecule has 190 valence electrons. The van der Waals surface area contributed by atoms with E-state index in [0.29, 0.717) is 22.2 Å². The van der Waals surface area contributed by atoms with E-state index in [-0.39, 0.29) is 12.1 Å². The van der Waals surface area contributed by atoms with Gasteiger partial charge in [-0.2, -0.15) is 5.26 Å². The van der Waals surface area contributed by atoms with Crippen LogP contribution in [0, 0.1) is 11.3 Å². The lowest BCUT2D eigenvalue weighted by atomic mass is 9.83. The monoisotopic (exact) mass is 497 g/mol. The van der Waals surface area contributed by atoms with Gasteiger partial charge in [0.2, 0.25) is 0 Å². The second-order valence-corrected chi connectivity index (χ2v) is 8.62. The Morgan fingerprint density at radius 1 is 1.22 bits per heavy atom. The molecule has 1 aliphatic heterocycles.